The Labute approximate surface area is 367 Å². The fourth-order valence-electron chi connectivity index (χ4n) is 10.1. The van der Waals surface area contributed by atoms with Crippen LogP contribution in [0, 0.1) is 10.8 Å². The van der Waals surface area contributed by atoms with Gasteiger partial charge in [-0.05, 0) is 126 Å². The molecule has 2 saturated carbocycles. The molecule has 2 aliphatic carbocycles. The van der Waals surface area contributed by atoms with Crippen molar-refractivity contribution in [1.29, 1.82) is 0 Å². The van der Waals surface area contributed by atoms with E-state index in [9.17, 15) is 46.1 Å². The number of alkyl halides is 6. The predicted octanol–water partition coefficient (Wildman–Crippen LogP) is 7.57. The standard InChI is InChI=1S/2C22H29F3N2O3S/c2*1-14(28)21(7-4-18(11-21)26-17-5-8-30-9-6-17)20(29)27-12-15-10-16(22(23,24)25)2-3-19(15)31-13-27/h2*2-3,10,14,17-18,26,28H,4-9,11-13H2,1H3/t14-,18+,21-;14-,18-,21+/m01/s1. The van der Waals surface area contributed by atoms with Gasteiger partial charge in [0.1, 0.15) is 0 Å². The molecule has 0 spiro atoms. The van der Waals surface area contributed by atoms with E-state index >= 15 is 0 Å². The number of hydrogen-bond donors (Lipinski definition) is 4. The third-order valence-electron chi connectivity index (χ3n) is 13.8. The van der Waals surface area contributed by atoms with Crippen molar-refractivity contribution >= 4 is 35.3 Å². The maximum Gasteiger partial charge on any atom is 0.416 e. The van der Waals surface area contributed by atoms with Crippen LogP contribution in [-0.4, -0.2) is 106 Å². The molecule has 18 heteroatoms. The molecule has 0 unspecified atom stereocenters. The quantitative estimate of drug-likeness (QED) is 0.197. The Hall–Kier alpha value is -2.58. The minimum Gasteiger partial charge on any atom is -0.392 e. The molecular weight excluding hydrogens is 859 g/mol. The van der Waals surface area contributed by atoms with Gasteiger partial charge in [-0.15, -0.1) is 23.5 Å². The Morgan fingerprint density at radius 2 is 1.02 bits per heavy atom. The SMILES string of the molecule is C[C@@H](O)[C@]1(C(=O)N2CSc3ccc(C(F)(F)F)cc3C2)CC[C@@H](NC2CCOCC2)C1.C[C@H](O)[C@]1(C(=O)N2CSc3ccc(C(F)(F)F)cc3C2)CC[C@@H](NC2CCOCC2)C1. The first-order valence-corrected chi connectivity index (χ1v) is 23.6. The summed E-state index contributed by atoms with van der Waals surface area (Å²) in [6.07, 6.45) is -2.92. The highest BCUT2D eigenvalue weighted by Crippen LogP contribution is 2.47. The van der Waals surface area contributed by atoms with Crippen LogP contribution in [0.2, 0.25) is 0 Å². The molecule has 0 aromatic heterocycles. The predicted molar refractivity (Wildman–Crippen MR) is 223 cm³/mol. The van der Waals surface area contributed by atoms with Crippen LogP contribution in [0.25, 0.3) is 0 Å². The molecule has 0 radical (unpaired) electrons. The number of fused-ring (bicyclic) bond motifs is 2. The second kappa shape index (κ2) is 19.5. The molecule has 10 nitrogen and oxygen atoms in total. The largest absolute Gasteiger partial charge is 0.416 e. The van der Waals surface area contributed by atoms with Crippen LogP contribution in [0.1, 0.15) is 100 Å². The van der Waals surface area contributed by atoms with E-state index in [1.165, 1.54) is 35.7 Å². The van der Waals surface area contributed by atoms with Crippen LogP contribution in [-0.2, 0) is 44.5 Å². The fourth-order valence-corrected chi connectivity index (χ4v) is 12.0. The first-order chi connectivity index (χ1) is 29.4. The van der Waals surface area contributed by atoms with Gasteiger partial charge in [0.05, 0.1) is 45.9 Å². The van der Waals surface area contributed by atoms with Gasteiger partial charge in [-0.25, -0.2) is 0 Å². The second-order valence-electron chi connectivity index (χ2n) is 17.8. The number of carbonyl (C=O) groups is 2. The summed E-state index contributed by atoms with van der Waals surface area (Å²) in [7, 11) is 0. The number of thioether (sulfide) groups is 2. The Kier molecular flexibility index (Phi) is 14.9. The maximum atomic E-state index is 13.6. The summed E-state index contributed by atoms with van der Waals surface area (Å²) in [6, 6.07) is 8.42. The van der Waals surface area contributed by atoms with Crippen LogP contribution >= 0.6 is 23.5 Å². The molecule has 4 fully saturated rings. The van der Waals surface area contributed by atoms with E-state index in [1.807, 2.05) is 0 Å². The first kappa shape index (κ1) is 47.4. The molecule has 2 aromatic carbocycles. The first-order valence-electron chi connectivity index (χ1n) is 21.7. The Morgan fingerprint density at radius 3 is 1.35 bits per heavy atom. The topological polar surface area (TPSA) is 124 Å². The second-order valence-corrected chi connectivity index (χ2v) is 19.8. The molecule has 6 atom stereocenters. The van der Waals surface area contributed by atoms with Crippen molar-refractivity contribution in [3.63, 3.8) is 0 Å². The van der Waals surface area contributed by atoms with Crippen molar-refractivity contribution in [3.05, 3.63) is 58.7 Å². The normalized spacial score (nSPS) is 28.4. The van der Waals surface area contributed by atoms with Crippen molar-refractivity contribution in [1.82, 2.24) is 20.4 Å². The molecule has 4 N–H and O–H groups in total. The number of aliphatic hydroxyl groups is 2. The third-order valence-corrected chi connectivity index (χ3v) is 16.1. The number of carbonyl (C=O) groups excluding carboxylic acids is 2. The lowest BCUT2D eigenvalue weighted by Gasteiger charge is -2.39. The highest BCUT2D eigenvalue weighted by atomic mass is 32.2. The van der Waals surface area contributed by atoms with Crippen LogP contribution in [0.15, 0.2) is 46.2 Å². The smallest absolute Gasteiger partial charge is 0.392 e. The third kappa shape index (κ3) is 10.6. The zero-order chi connectivity index (χ0) is 44.5. The summed E-state index contributed by atoms with van der Waals surface area (Å²) >= 11 is 2.74. The lowest BCUT2D eigenvalue weighted by molar-refractivity contribution is -0.149. The fraction of sp³-hybridized carbons (Fsp3) is 0.682. The molecule has 4 aliphatic heterocycles. The number of nitrogens with one attached hydrogen (secondary N) is 2. The maximum absolute atomic E-state index is 13.6. The van der Waals surface area contributed by atoms with E-state index in [4.69, 9.17) is 9.47 Å². The minimum absolute atomic E-state index is 0.137. The average Bonchev–Trinajstić information content (AvgIpc) is 3.89. The molecule has 2 saturated heterocycles. The van der Waals surface area contributed by atoms with E-state index in [2.05, 4.69) is 10.6 Å². The molecule has 0 bridgehead atoms. The Morgan fingerprint density at radius 1 is 0.645 bits per heavy atom. The summed E-state index contributed by atoms with van der Waals surface area (Å²) in [5.74, 6) is 0.441. The van der Waals surface area contributed by atoms with Crippen molar-refractivity contribution in [2.45, 2.75) is 150 Å². The number of benzene rings is 2. The van der Waals surface area contributed by atoms with Gasteiger partial charge in [0.25, 0.3) is 0 Å². The highest BCUT2D eigenvalue weighted by molar-refractivity contribution is 7.99. The summed E-state index contributed by atoms with van der Waals surface area (Å²) in [4.78, 5) is 31.9. The van der Waals surface area contributed by atoms with Crippen molar-refractivity contribution in [2.75, 3.05) is 38.2 Å². The van der Waals surface area contributed by atoms with Gasteiger partial charge < -0.3 is 40.1 Å². The van der Waals surface area contributed by atoms with Crippen LogP contribution < -0.4 is 10.6 Å². The Bertz CT molecular complexity index is 1760. The zero-order valence-electron chi connectivity index (χ0n) is 35.2. The van der Waals surface area contributed by atoms with Gasteiger partial charge in [-0.1, -0.05) is 0 Å². The summed E-state index contributed by atoms with van der Waals surface area (Å²) in [6.45, 7) is 6.51. The molecule has 2 aromatic rings. The van der Waals surface area contributed by atoms with E-state index in [1.54, 1.807) is 23.6 Å². The highest BCUT2D eigenvalue weighted by Gasteiger charge is 2.52. The number of halogens is 6. The van der Waals surface area contributed by atoms with Crippen LogP contribution in [0.4, 0.5) is 26.3 Å². The van der Waals surface area contributed by atoms with E-state index in [0.29, 0.717) is 60.6 Å². The van der Waals surface area contributed by atoms with Gasteiger partial charge in [0.2, 0.25) is 11.8 Å². The number of nitrogens with zero attached hydrogens (tertiary/aromatic N) is 2. The van der Waals surface area contributed by atoms with Crippen molar-refractivity contribution in [2.24, 2.45) is 10.8 Å². The zero-order valence-corrected chi connectivity index (χ0v) is 36.8. The summed E-state index contributed by atoms with van der Waals surface area (Å²) < 4.78 is 89.6. The van der Waals surface area contributed by atoms with Crippen LogP contribution in [0.5, 0.6) is 0 Å². The van der Waals surface area contributed by atoms with Crippen molar-refractivity contribution < 1.29 is 55.6 Å². The molecule has 4 heterocycles. The van der Waals surface area contributed by atoms with Crippen LogP contribution in [0.3, 0.4) is 0 Å². The molecule has 2 amide bonds. The lowest BCUT2D eigenvalue weighted by atomic mass is 9.79. The van der Waals surface area contributed by atoms with E-state index in [0.717, 1.165) is 99.0 Å². The molecule has 8 rings (SSSR count). The number of ether oxygens (including phenoxy) is 2. The molecular formula is C44H58F6N4O6S2. The number of amides is 2. The van der Waals surface area contributed by atoms with Crippen molar-refractivity contribution in [3.8, 4) is 0 Å². The number of aliphatic hydroxyl groups excluding tert-OH is 2. The van der Waals surface area contributed by atoms with Gasteiger partial charge in [0.15, 0.2) is 0 Å². The number of hydrogen-bond acceptors (Lipinski definition) is 10. The molecule has 62 heavy (non-hydrogen) atoms. The van der Waals surface area contributed by atoms with Gasteiger partial charge in [-0.3, -0.25) is 9.59 Å². The van der Waals surface area contributed by atoms with E-state index in [-0.39, 0.29) is 37.0 Å². The van der Waals surface area contributed by atoms with Gasteiger partial charge >= 0.3 is 12.4 Å². The Balaban J connectivity index is 0.000000186. The van der Waals surface area contributed by atoms with E-state index < -0.39 is 46.5 Å². The summed E-state index contributed by atoms with van der Waals surface area (Å²) in [5, 5.41) is 28.5. The van der Waals surface area contributed by atoms with Gasteiger partial charge in [-0.2, -0.15) is 26.3 Å². The van der Waals surface area contributed by atoms with Gasteiger partial charge in [0, 0.05) is 73.5 Å². The average molecular weight is 917 g/mol. The summed E-state index contributed by atoms with van der Waals surface area (Å²) in [5.41, 5.74) is -2.18. The lowest BCUT2D eigenvalue weighted by Crippen LogP contribution is -2.50. The minimum atomic E-state index is -4.42. The molecule has 344 valence electrons. The molecule has 6 aliphatic rings. The number of rotatable bonds is 8. The monoisotopic (exact) mass is 916 g/mol.